The zero-order chi connectivity index (χ0) is 7.28. The van der Waals surface area contributed by atoms with Crippen LogP contribution in [0.15, 0.2) is 23.6 Å². The van der Waals surface area contributed by atoms with E-state index in [0.717, 1.165) is 6.21 Å². The van der Waals surface area contributed by atoms with Crippen molar-refractivity contribution in [2.24, 2.45) is 0 Å². The van der Waals surface area contributed by atoms with Gasteiger partial charge in [-0.2, -0.15) is 0 Å². The van der Waals surface area contributed by atoms with Crippen molar-refractivity contribution < 1.29 is 4.39 Å². The molecule has 0 unspecified atom stereocenters. The fourth-order valence-corrected chi connectivity index (χ4v) is 0.432. The zero-order valence-electron chi connectivity index (χ0n) is 5.61. The van der Waals surface area contributed by atoms with Crippen molar-refractivity contribution in [1.82, 2.24) is 0 Å². The molecule has 0 aromatic rings. The molecule has 0 aliphatic rings. The van der Waals surface area contributed by atoms with Gasteiger partial charge in [0.05, 0.1) is 0 Å². The number of rotatable bonds is 2. The normalized spacial score (nSPS) is 13.7. The molecule has 0 saturated heterocycles. The molecule has 0 radical (unpaired) electrons. The highest BCUT2D eigenvalue weighted by molar-refractivity contribution is 5.69. The Labute approximate surface area is 54.4 Å². The van der Waals surface area contributed by atoms with Crippen molar-refractivity contribution in [2.75, 3.05) is 0 Å². The quantitative estimate of drug-likeness (QED) is 0.435. The molecular weight excluding hydrogens is 117 g/mol. The Morgan fingerprint density at radius 3 is 2.44 bits per heavy atom. The van der Waals surface area contributed by atoms with E-state index in [4.69, 9.17) is 5.41 Å². The third-order valence-electron chi connectivity index (χ3n) is 0.963. The van der Waals surface area contributed by atoms with E-state index >= 15 is 0 Å². The van der Waals surface area contributed by atoms with Crippen LogP contribution in [0.4, 0.5) is 4.39 Å². The van der Waals surface area contributed by atoms with Crippen molar-refractivity contribution in [3.05, 3.63) is 23.6 Å². The largest absolute Gasteiger partial charge is 0.309 e. The van der Waals surface area contributed by atoms with Crippen LogP contribution < -0.4 is 0 Å². The van der Waals surface area contributed by atoms with Gasteiger partial charge in [0, 0.05) is 6.21 Å². The molecule has 0 fully saturated rings. The minimum Gasteiger partial charge on any atom is -0.309 e. The summed E-state index contributed by atoms with van der Waals surface area (Å²) in [5.74, 6) is -0.265. The molecule has 0 saturated carbocycles. The maximum absolute atomic E-state index is 12.4. The Morgan fingerprint density at radius 1 is 1.56 bits per heavy atom. The lowest BCUT2D eigenvalue weighted by Crippen LogP contribution is -1.75. The van der Waals surface area contributed by atoms with E-state index in [1.165, 1.54) is 12.2 Å². The van der Waals surface area contributed by atoms with Crippen molar-refractivity contribution in [3.8, 4) is 0 Å². The average Bonchev–Trinajstić information content (AvgIpc) is 1.87. The second-order valence-corrected chi connectivity index (χ2v) is 1.65. The third kappa shape index (κ3) is 2.80. The summed E-state index contributed by atoms with van der Waals surface area (Å²) in [6, 6.07) is 0. The Bertz CT molecular complexity index is 156. The molecule has 1 nitrogen and oxygen atoms in total. The number of nitrogens with one attached hydrogen (secondary N) is 1. The molecule has 0 aromatic heterocycles. The summed E-state index contributed by atoms with van der Waals surface area (Å²) in [4.78, 5) is 0. The van der Waals surface area contributed by atoms with Crippen LogP contribution in [-0.4, -0.2) is 6.21 Å². The zero-order valence-corrected chi connectivity index (χ0v) is 5.61. The number of halogens is 1. The summed E-state index contributed by atoms with van der Waals surface area (Å²) in [7, 11) is 0. The molecule has 0 spiro atoms. The van der Waals surface area contributed by atoms with E-state index in [1.54, 1.807) is 13.8 Å². The van der Waals surface area contributed by atoms with Gasteiger partial charge in [-0.25, -0.2) is 4.39 Å². The smallest absolute Gasteiger partial charge is 0.121 e. The van der Waals surface area contributed by atoms with Crippen LogP contribution >= 0.6 is 0 Å². The van der Waals surface area contributed by atoms with Crippen LogP contribution in [0.2, 0.25) is 0 Å². The fraction of sp³-hybridized carbons (Fsp3) is 0.286. The number of allylic oxidation sites excluding steroid dienone is 4. The summed E-state index contributed by atoms with van der Waals surface area (Å²) in [6.45, 7) is 3.25. The monoisotopic (exact) mass is 127 g/mol. The van der Waals surface area contributed by atoms with Crippen LogP contribution in [0.3, 0.4) is 0 Å². The maximum atomic E-state index is 12.4. The molecule has 0 atom stereocenters. The molecular formula is C7H10FN. The van der Waals surface area contributed by atoms with Gasteiger partial charge in [-0.1, -0.05) is 6.08 Å². The minimum atomic E-state index is -0.265. The van der Waals surface area contributed by atoms with Gasteiger partial charge >= 0.3 is 0 Å². The summed E-state index contributed by atoms with van der Waals surface area (Å²) >= 11 is 0. The van der Waals surface area contributed by atoms with E-state index in [9.17, 15) is 4.39 Å². The van der Waals surface area contributed by atoms with E-state index in [-0.39, 0.29) is 5.83 Å². The molecule has 0 aromatic carbocycles. The number of hydrogen-bond acceptors (Lipinski definition) is 1. The van der Waals surface area contributed by atoms with Gasteiger partial charge in [0.2, 0.25) is 0 Å². The van der Waals surface area contributed by atoms with Gasteiger partial charge in [-0.05, 0) is 25.5 Å². The predicted octanol–water partition coefficient (Wildman–Crippen LogP) is 2.46. The first-order valence-electron chi connectivity index (χ1n) is 2.72. The Hall–Kier alpha value is -0.920. The summed E-state index contributed by atoms with van der Waals surface area (Å²) < 4.78 is 12.4. The average molecular weight is 127 g/mol. The molecule has 0 aliphatic heterocycles. The van der Waals surface area contributed by atoms with Crippen LogP contribution in [0.5, 0.6) is 0 Å². The summed E-state index contributed by atoms with van der Waals surface area (Å²) in [6.07, 6.45) is 3.85. The second kappa shape index (κ2) is 4.01. The molecule has 2 heteroatoms. The second-order valence-electron chi connectivity index (χ2n) is 1.65. The van der Waals surface area contributed by atoms with Gasteiger partial charge in [0.25, 0.3) is 0 Å². The third-order valence-corrected chi connectivity index (χ3v) is 0.963. The first-order chi connectivity index (χ1) is 4.22. The molecule has 0 heterocycles. The highest BCUT2D eigenvalue weighted by atomic mass is 19.1. The van der Waals surface area contributed by atoms with E-state index in [0.29, 0.717) is 5.57 Å². The summed E-state index contributed by atoms with van der Waals surface area (Å²) in [5, 5.41) is 6.61. The first-order valence-corrected chi connectivity index (χ1v) is 2.72. The molecule has 0 rings (SSSR count). The molecule has 9 heavy (non-hydrogen) atoms. The van der Waals surface area contributed by atoms with Crippen molar-refractivity contribution in [1.29, 1.82) is 5.41 Å². The molecule has 0 bridgehead atoms. The van der Waals surface area contributed by atoms with E-state index in [2.05, 4.69) is 0 Å². The Kier molecular flexibility index (Phi) is 3.60. The van der Waals surface area contributed by atoms with Gasteiger partial charge in [0.1, 0.15) is 5.83 Å². The lowest BCUT2D eigenvalue weighted by molar-refractivity contribution is 0.650. The Morgan fingerprint density at radius 2 is 2.11 bits per heavy atom. The highest BCUT2D eigenvalue weighted by Gasteiger charge is 1.91. The first kappa shape index (κ1) is 8.08. The van der Waals surface area contributed by atoms with E-state index < -0.39 is 0 Å². The van der Waals surface area contributed by atoms with Crippen molar-refractivity contribution >= 4 is 6.21 Å². The summed E-state index contributed by atoms with van der Waals surface area (Å²) in [5.41, 5.74) is 0.493. The lowest BCUT2D eigenvalue weighted by atomic mass is 10.2. The lowest BCUT2D eigenvalue weighted by Gasteiger charge is -1.90. The molecule has 0 aliphatic carbocycles. The van der Waals surface area contributed by atoms with Crippen LogP contribution in [0.25, 0.3) is 0 Å². The Balaban J connectivity index is 4.19. The topological polar surface area (TPSA) is 23.9 Å². The molecule has 1 N–H and O–H groups in total. The minimum absolute atomic E-state index is 0.265. The van der Waals surface area contributed by atoms with Gasteiger partial charge in [-0.15, -0.1) is 0 Å². The van der Waals surface area contributed by atoms with E-state index in [1.807, 2.05) is 0 Å². The van der Waals surface area contributed by atoms with Gasteiger partial charge < -0.3 is 5.41 Å². The van der Waals surface area contributed by atoms with Crippen LogP contribution in [0, 0.1) is 5.41 Å². The highest BCUT2D eigenvalue weighted by Crippen LogP contribution is 2.07. The van der Waals surface area contributed by atoms with Crippen molar-refractivity contribution in [2.45, 2.75) is 13.8 Å². The number of hydrogen-bond donors (Lipinski definition) is 1. The van der Waals surface area contributed by atoms with Crippen LogP contribution in [-0.2, 0) is 0 Å². The SMILES string of the molecule is C/C=C(F)\C(C)=C/C=N. The van der Waals surface area contributed by atoms with Gasteiger partial charge in [0.15, 0.2) is 0 Å². The maximum Gasteiger partial charge on any atom is 0.121 e. The standard InChI is InChI=1S/C7H10FN/c1-3-7(8)6(2)4-5-9/h3-5,9H,1-2H3/b6-4-,7-3+,9-5?. The molecule has 50 valence electrons. The van der Waals surface area contributed by atoms with Gasteiger partial charge in [-0.3, -0.25) is 0 Å². The predicted molar refractivity (Wildman–Crippen MR) is 37.4 cm³/mol. The molecule has 0 amide bonds. The van der Waals surface area contributed by atoms with Crippen molar-refractivity contribution in [3.63, 3.8) is 0 Å². The van der Waals surface area contributed by atoms with Crippen LogP contribution in [0.1, 0.15) is 13.8 Å². The fourth-order valence-electron chi connectivity index (χ4n) is 0.432.